The summed E-state index contributed by atoms with van der Waals surface area (Å²) in [5.74, 6) is 1.16. The van der Waals surface area contributed by atoms with Crippen LogP contribution < -0.4 is 9.47 Å². The summed E-state index contributed by atoms with van der Waals surface area (Å²) in [5.41, 5.74) is 1.19. The van der Waals surface area contributed by atoms with Gasteiger partial charge in [0.2, 0.25) is 0 Å². The van der Waals surface area contributed by atoms with E-state index in [1.54, 1.807) is 44.6 Å². The second kappa shape index (κ2) is 5.95. The molecule has 2 aromatic rings. The van der Waals surface area contributed by atoms with Gasteiger partial charge in [-0.3, -0.25) is 0 Å². The van der Waals surface area contributed by atoms with Gasteiger partial charge in [-0.1, -0.05) is 35.9 Å². The molecule has 0 fully saturated rings. The zero-order valence-electron chi connectivity index (χ0n) is 10.8. The van der Waals surface area contributed by atoms with Crippen LogP contribution in [0.15, 0.2) is 42.5 Å². The van der Waals surface area contributed by atoms with Crippen LogP contribution in [0.3, 0.4) is 0 Å². The van der Waals surface area contributed by atoms with Crippen molar-refractivity contribution in [3.63, 3.8) is 0 Å². The van der Waals surface area contributed by atoms with Crippen LogP contribution in [0.4, 0.5) is 0 Å². The standard InChI is InChI=1S/C15H15ClO3/c1-18-12-8-4-3-6-10(12)15(17)14-11(16)7-5-9-13(14)19-2/h3-9,15,17H,1-2H3. The van der Waals surface area contributed by atoms with Crippen molar-refractivity contribution in [2.24, 2.45) is 0 Å². The number of aliphatic hydroxyl groups is 1. The van der Waals surface area contributed by atoms with Crippen molar-refractivity contribution < 1.29 is 14.6 Å². The SMILES string of the molecule is COc1ccccc1C(O)c1c(Cl)cccc1OC. The molecule has 0 heterocycles. The Hall–Kier alpha value is -1.71. The summed E-state index contributed by atoms with van der Waals surface area (Å²) in [7, 11) is 3.11. The molecule has 2 aromatic carbocycles. The lowest BCUT2D eigenvalue weighted by atomic mass is 9.99. The number of para-hydroxylation sites is 1. The molecule has 100 valence electrons. The van der Waals surface area contributed by atoms with E-state index in [-0.39, 0.29) is 0 Å². The average Bonchev–Trinajstić information content (AvgIpc) is 2.46. The number of hydrogen-bond acceptors (Lipinski definition) is 3. The molecule has 0 aromatic heterocycles. The van der Waals surface area contributed by atoms with Crippen molar-refractivity contribution in [2.45, 2.75) is 6.10 Å². The van der Waals surface area contributed by atoms with Gasteiger partial charge in [-0.05, 0) is 18.2 Å². The summed E-state index contributed by atoms with van der Waals surface area (Å²) in [6.07, 6.45) is -0.903. The average molecular weight is 279 g/mol. The van der Waals surface area contributed by atoms with Gasteiger partial charge in [0, 0.05) is 11.1 Å². The zero-order valence-corrected chi connectivity index (χ0v) is 11.5. The molecule has 19 heavy (non-hydrogen) atoms. The van der Waals surface area contributed by atoms with E-state index in [2.05, 4.69) is 0 Å². The topological polar surface area (TPSA) is 38.7 Å². The van der Waals surface area contributed by atoms with Crippen LogP contribution in [0.1, 0.15) is 17.2 Å². The largest absolute Gasteiger partial charge is 0.496 e. The molecule has 1 N–H and O–H groups in total. The Balaban J connectivity index is 2.52. The molecule has 0 aliphatic rings. The Morgan fingerprint density at radius 2 is 1.58 bits per heavy atom. The first-order chi connectivity index (χ1) is 9.19. The van der Waals surface area contributed by atoms with E-state index >= 15 is 0 Å². The third kappa shape index (κ3) is 2.67. The van der Waals surface area contributed by atoms with E-state index in [9.17, 15) is 5.11 Å². The third-order valence-corrected chi connectivity index (χ3v) is 3.27. The van der Waals surface area contributed by atoms with Gasteiger partial charge in [-0.15, -0.1) is 0 Å². The number of hydrogen-bond donors (Lipinski definition) is 1. The first kappa shape index (κ1) is 13.7. The second-order valence-electron chi connectivity index (χ2n) is 4.00. The van der Waals surface area contributed by atoms with Crippen LogP contribution in [0.5, 0.6) is 11.5 Å². The lowest BCUT2D eigenvalue weighted by Crippen LogP contribution is -2.05. The highest BCUT2D eigenvalue weighted by molar-refractivity contribution is 6.31. The maximum absolute atomic E-state index is 10.6. The van der Waals surface area contributed by atoms with Gasteiger partial charge in [0.05, 0.1) is 19.2 Å². The van der Waals surface area contributed by atoms with Gasteiger partial charge < -0.3 is 14.6 Å². The van der Waals surface area contributed by atoms with Crippen LogP contribution >= 0.6 is 11.6 Å². The number of aliphatic hydroxyl groups excluding tert-OH is 1. The number of rotatable bonds is 4. The minimum atomic E-state index is -0.903. The highest BCUT2D eigenvalue weighted by atomic mass is 35.5. The molecule has 0 amide bonds. The molecular weight excluding hydrogens is 264 g/mol. The van der Waals surface area contributed by atoms with Crippen molar-refractivity contribution in [3.05, 3.63) is 58.6 Å². The normalized spacial score (nSPS) is 12.0. The third-order valence-electron chi connectivity index (χ3n) is 2.94. The van der Waals surface area contributed by atoms with Crippen LogP contribution in [-0.4, -0.2) is 19.3 Å². The summed E-state index contributed by atoms with van der Waals surface area (Å²) in [4.78, 5) is 0. The van der Waals surface area contributed by atoms with E-state index in [0.717, 1.165) is 0 Å². The monoisotopic (exact) mass is 278 g/mol. The Kier molecular flexibility index (Phi) is 4.30. The van der Waals surface area contributed by atoms with Crippen molar-refractivity contribution in [1.29, 1.82) is 0 Å². The summed E-state index contributed by atoms with van der Waals surface area (Å²) in [6, 6.07) is 12.5. The van der Waals surface area contributed by atoms with Gasteiger partial charge in [-0.2, -0.15) is 0 Å². The minimum Gasteiger partial charge on any atom is -0.496 e. The number of ether oxygens (including phenoxy) is 2. The fraction of sp³-hybridized carbons (Fsp3) is 0.200. The van der Waals surface area contributed by atoms with E-state index < -0.39 is 6.10 Å². The molecule has 4 heteroatoms. The lowest BCUT2D eigenvalue weighted by Gasteiger charge is -2.18. The predicted molar refractivity (Wildman–Crippen MR) is 75.1 cm³/mol. The molecular formula is C15H15ClO3. The highest BCUT2D eigenvalue weighted by Gasteiger charge is 2.21. The van der Waals surface area contributed by atoms with E-state index in [0.29, 0.717) is 27.6 Å². The fourth-order valence-electron chi connectivity index (χ4n) is 2.01. The number of halogens is 1. The molecule has 0 aliphatic carbocycles. The van der Waals surface area contributed by atoms with Crippen molar-refractivity contribution in [1.82, 2.24) is 0 Å². The molecule has 0 saturated heterocycles. The van der Waals surface area contributed by atoms with Crippen LogP contribution in [0, 0.1) is 0 Å². The maximum Gasteiger partial charge on any atom is 0.126 e. The van der Waals surface area contributed by atoms with Crippen molar-refractivity contribution in [2.75, 3.05) is 14.2 Å². The van der Waals surface area contributed by atoms with Crippen LogP contribution in [0.25, 0.3) is 0 Å². The van der Waals surface area contributed by atoms with Gasteiger partial charge in [0.25, 0.3) is 0 Å². The molecule has 3 nitrogen and oxygen atoms in total. The first-order valence-corrected chi connectivity index (χ1v) is 6.20. The fourth-order valence-corrected chi connectivity index (χ4v) is 2.28. The zero-order chi connectivity index (χ0) is 13.8. The summed E-state index contributed by atoms with van der Waals surface area (Å²) >= 11 is 6.17. The number of benzene rings is 2. The summed E-state index contributed by atoms with van der Waals surface area (Å²) in [6.45, 7) is 0. The Morgan fingerprint density at radius 1 is 0.947 bits per heavy atom. The van der Waals surface area contributed by atoms with Gasteiger partial charge >= 0.3 is 0 Å². The Morgan fingerprint density at radius 3 is 2.26 bits per heavy atom. The predicted octanol–water partition coefficient (Wildman–Crippen LogP) is 3.44. The molecule has 0 bridgehead atoms. The Labute approximate surface area is 117 Å². The molecule has 0 saturated carbocycles. The van der Waals surface area contributed by atoms with Crippen molar-refractivity contribution >= 4 is 11.6 Å². The molecule has 0 radical (unpaired) electrons. The first-order valence-electron chi connectivity index (χ1n) is 5.82. The minimum absolute atomic E-state index is 0.456. The Bertz CT molecular complexity index is 569. The van der Waals surface area contributed by atoms with E-state index in [1.165, 1.54) is 0 Å². The van der Waals surface area contributed by atoms with Crippen LogP contribution in [0.2, 0.25) is 5.02 Å². The van der Waals surface area contributed by atoms with E-state index in [1.807, 2.05) is 12.1 Å². The molecule has 2 rings (SSSR count). The molecule has 1 atom stereocenters. The maximum atomic E-state index is 10.6. The second-order valence-corrected chi connectivity index (χ2v) is 4.41. The highest BCUT2D eigenvalue weighted by Crippen LogP contribution is 2.38. The van der Waals surface area contributed by atoms with Gasteiger partial charge in [0.1, 0.15) is 17.6 Å². The van der Waals surface area contributed by atoms with E-state index in [4.69, 9.17) is 21.1 Å². The molecule has 0 spiro atoms. The van der Waals surface area contributed by atoms with Gasteiger partial charge in [-0.25, -0.2) is 0 Å². The molecule has 1 unspecified atom stereocenters. The van der Waals surface area contributed by atoms with Gasteiger partial charge in [0.15, 0.2) is 0 Å². The van der Waals surface area contributed by atoms with Crippen LogP contribution in [-0.2, 0) is 0 Å². The molecule has 0 aliphatic heterocycles. The summed E-state index contributed by atoms with van der Waals surface area (Å²) in [5, 5.41) is 11.0. The lowest BCUT2D eigenvalue weighted by molar-refractivity contribution is 0.209. The number of methoxy groups -OCH3 is 2. The van der Waals surface area contributed by atoms with Crippen molar-refractivity contribution in [3.8, 4) is 11.5 Å². The smallest absolute Gasteiger partial charge is 0.126 e. The summed E-state index contributed by atoms with van der Waals surface area (Å²) < 4.78 is 10.5. The quantitative estimate of drug-likeness (QED) is 0.931.